The second-order valence-electron chi connectivity index (χ2n) is 8.17. The standard InChI is InChI=1S/C26H29NO5/c1-7-13-31-24(28)20-11-12-23-22(15-20)17(2)18(3)27(23)16-19-9-8-10-21(14-19)32-26(4,5)25(29)30-6/h7-12,14-15H,1,13,16H2,2-6H3. The first kappa shape index (κ1) is 23.1. The molecule has 0 atom stereocenters. The van der Waals surface area contributed by atoms with Gasteiger partial charge >= 0.3 is 11.9 Å². The third-order valence-electron chi connectivity index (χ3n) is 5.50. The van der Waals surface area contributed by atoms with E-state index in [1.54, 1.807) is 26.0 Å². The first-order valence-corrected chi connectivity index (χ1v) is 10.4. The van der Waals surface area contributed by atoms with Crippen molar-refractivity contribution in [1.82, 2.24) is 4.57 Å². The van der Waals surface area contributed by atoms with Crippen LogP contribution in [0.1, 0.15) is 41.0 Å². The molecular weight excluding hydrogens is 406 g/mol. The Balaban J connectivity index is 1.91. The van der Waals surface area contributed by atoms with Gasteiger partial charge in [-0.25, -0.2) is 9.59 Å². The van der Waals surface area contributed by atoms with E-state index in [2.05, 4.69) is 18.1 Å². The lowest BCUT2D eigenvalue weighted by Gasteiger charge is -2.23. The fourth-order valence-electron chi connectivity index (χ4n) is 3.67. The van der Waals surface area contributed by atoms with E-state index in [4.69, 9.17) is 14.2 Å². The van der Waals surface area contributed by atoms with Crippen LogP contribution in [0, 0.1) is 13.8 Å². The van der Waals surface area contributed by atoms with Crippen LogP contribution in [-0.2, 0) is 20.8 Å². The largest absolute Gasteiger partial charge is 0.476 e. The van der Waals surface area contributed by atoms with Crippen LogP contribution in [0.15, 0.2) is 55.1 Å². The number of rotatable bonds is 8. The van der Waals surface area contributed by atoms with E-state index in [0.29, 0.717) is 17.9 Å². The molecule has 0 aliphatic carbocycles. The van der Waals surface area contributed by atoms with Gasteiger partial charge in [-0.2, -0.15) is 0 Å². The second-order valence-corrected chi connectivity index (χ2v) is 8.17. The maximum absolute atomic E-state index is 12.2. The van der Waals surface area contributed by atoms with E-state index >= 15 is 0 Å². The fourth-order valence-corrected chi connectivity index (χ4v) is 3.67. The molecule has 0 fully saturated rings. The lowest BCUT2D eigenvalue weighted by molar-refractivity contribution is -0.156. The summed E-state index contributed by atoms with van der Waals surface area (Å²) in [6.45, 7) is 11.8. The van der Waals surface area contributed by atoms with Crippen LogP contribution in [0.25, 0.3) is 10.9 Å². The van der Waals surface area contributed by atoms with Crippen molar-refractivity contribution in [1.29, 1.82) is 0 Å². The molecular formula is C26H29NO5. The van der Waals surface area contributed by atoms with Gasteiger partial charge in [-0.1, -0.05) is 24.8 Å². The third-order valence-corrected chi connectivity index (χ3v) is 5.50. The number of fused-ring (bicyclic) bond motifs is 1. The summed E-state index contributed by atoms with van der Waals surface area (Å²) in [6, 6.07) is 13.3. The van der Waals surface area contributed by atoms with Gasteiger partial charge in [-0.15, -0.1) is 0 Å². The number of aromatic nitrogens is 1. The smallest absolute Gasteiger partial charge is 0.349 e. The molecule has 32 heavy (non-hydrogen) atoms. The molecule has 0 aliphatic heterocycles. The Morgan fingerprint density at radius 1 is 1.12 bits per heavy atom. The minimum Gasteiger partial charge on any atom is -0.476 e. The first-order valence-electron chi connectivity index (χ1n) is 10.4. The summed E-state index contributed by atoms with van der Waals surface area (Å²) in [5.74, 6) is -0.209. The molecule has 0 amide bonds. The average Bonchev–Trinajstić information content (AvgIpc) is 3.01. The maximum Gasteiger partial charge on any atom is 0.349 e. The zero-order valence-corrected chi connectivity index (χ0v) is 19.2. The maximum atomic E-state index is 12.2. The molecule has 0 bridgehead atoms. The fraction of sp³-hybridized carbons (Fsp3) is 0.308. The molecule has 0 aliphatic rings. The first-order chi connectivity index (χ1) is 15.2. The molecule has 6 nitrogen and oxygen atoms in total. The van der Waals surface area contributed by atoms with E-state index in [0.717, 1.165) is 27.7 Å². The molecule has 1 heterocycles. The Hall–Kier alpha value is -3.54. The zero-order valence-electron chi connectivity index (χ0n) is 19.2. The molecule has 0 radical (unpaired) electrons. The van der Waals surface area contributed by atoms with Gasteiger partial charge in [-0.05, 0) is 69.2 Å². The van der Waals surface area contributed by atoms with E-state index in [9.17, 15) is 9.59 Å². The predicted octanol–water partition coefficient (Wildman–Crippen LogP) is 4.98. The monoisotopic (exact) mass is 435 g/mol. The summed E-state index contributed by atoms with van der Waals surface area (Å²) in [6.07, 6.45) is 1.55. The second kappa shape index (κ2) is 9.30. The van der Waals surface area contributed by atoms with E-state index in [-0.39, 0.29) is 12.6 Å². The number of hydrogen-bond donors (Lipinski definition) is 0. The highest BCUT2D eigenvalue weighted by atomic mass is 16.6. The lowest BCUT2D eigenvalue weighted by Crippen LogP contribution is -2.39. The van der Waals surface area contributed by atoms with E-state index < -0.39 is 11.6 Å². The van der Waals surface area contributed by atoms with Gasteiger partial charge in [0.15, 0.2) is 5.60 Å². The van der Waals surface area contributed by atoms with Crippen LogP contribution in [0.2, 0.25) is 0 Å². The molecule has 0 saturated heterocycles. The molecule has 3 aromatic rings. The summed E-state index contributed by atoms with van der Waals surface area (Å²) in [5, 5.41) is 1.01. The van der Waals surface area contributed by atoms with Gasteiger partial charge in [-0.3, -0.25) is 0 Å². The molecule has 3 rings (SSSR count). The van der Waals surface area contributed by atoms with Gasteiger partial charge in [0, 0.05) is 23.1 Å². The quantitative estimate of drug-likeness (QED) is 0.369. The Morgan fingerprint density at radius 2 is 1.88 bits per heavy atom. The highest BCUT2D eigenvalue weighted by Crippen LogP contribution is 2.28. The van der Waals surface area contributed by atoms with Crippen molar-refractivity contribution >= 4 is 22.8 Å². The van der Waals surface area contributed by atoms with Crippen LogP contribution >= 0.6 is 0 Å². The molecule has 6 heteroatoms. The predicted molar refractivity (Wildman–Crippen MR) is 124 cm³/mol. The Bertz CT molecular complexity index is 1170. The summed E-state index contributed by atoms with van der Waals surface area (Å²) < 4.78 is 18.1. The van der Waals surface area contributed by atoms with Crippen molar-refractivity contribution in [3.05, 3.63) is 77.5 Å². The van der Waals surface area contributed by atoms with Crippen LogP contribution < -0.4 is 4.74 Å². The van der Waals surface area contributed by atoms with Crippen molar-refractivity contribution in [2.45, 2.75) is 39.8 Å². The van der Waals surface area contributed by atoms with Crippen molar-refractivity contribution in [2.24, 2.45) is 0 Å². The van der Waals surface area contributed by atoms with Crippen molar-refractivity contribution in [3.63, 3.8) is 0 Å². The summed E-state index contributed by atoms with van der Waals surface area (Å²) in [5.41, 5.74) is 3.70. The van der Waals surface area contributed by atoms with Gasteiger partial charge < -0.3 is 18.8 Å². The highest BCUT2D eigenvalue weighted by molar-refractivity contribution is 5.96. The zero-order chi connectivity index (χ0) is 23.5. The van der Waals surface area contributed by atoms with Crippen molar-refractivity contribution in [3.8, 4) is 5.75 Å². The van der Waals surface area contributed by atoms with Crippen molar-refractivity contribution in [2.75, 3.05) is 13.7 Å². The van der Waals surface area contributed by atoms with E-state index in [1.807, 2.05) is 43.3 Å². The number of carbonyl (C=O) groups excluding carboxylic acids is 2. The van der Waals surface area contributed by atoms with Gasteiger partial charge in [0.05, 0.1) is 12.7 Å². The lowest BCUT2D eigenvalue weighted by atomic mass is 10.1. The summed E-state index contributed by atoms with van der Waals surface area (Å²) in [7, 11) is 1.34. The Morgan fingerprint density at radius 3 is 2.56 bits per heavy atom. The normalized spacial score (nSPS) is 11.3. The Labute approximate surface area is 188 Å². The number of esters is 2. The van der Waals surface area contributed by atoms with Crippen LogP contribution in [0.3, 0.4) is 0 Å². The molecule has 0 saturated carbocycles. The molecule has 2 aromatic carbocycles. The topological polar surface area (TPSA) is 66.8 Å². The van der Waals surface area contributed by atoms with E-state index in [1.165, 1.54) is 7.11 Å². The van der Waals surface area contributed by atoms with Crippen LogP contribution in [0.5, 0.6) is 5.75 Å². The molecule has 168 valence electrons. The van der Waals surface area contributed by atoms with Crippen LogP contribution in [-0.4, -0.2) is 35.8 Å². The SMILES string of the molecule is C=CCOC(=O)c1ccc2c(c1)c(C)c(C)n2Cc1cccc(OC(C)(C)C(=O)OC)c1. The van der Waals surface area contributed by atoms with Gasteiger partial charge in [0.2, 0.25) is 0 Å². The number of ether oxygens (including phenoxy) is 3. The summed E-state index contributed by atoms with van der Waals surface area (Å²) in [4.78, 5) is 24.2. The third kappa shape index (κ3) is 4.69. The number of aryl methyl sites for hydroxylation is 1. The van der Waals surface area contributed by atoms with Crippen molar-refractivity contribution < 1.29 is 23.8 Å². The van der Waals surface area contributed by atoms with Crippen LogP contribution in [0.4, 0.5) is 0 Å². The number of hydrogen-bond acceptors (Lipinski definition) is 5. The Kier molecular flexibility index (Phi) is 6.72. The number of methoxy groups -OCH3 is 1. The number of carbonyl (C=O) groups is 2. The minimum absolute atomic E-state index is 0.182. The number of nitrogens with zero attached hydrogens (tertiary/aromatic N) is 1. The minimum atomic E-state index is -1.09. The average molecular weight is 436 g/mol. The molecule has 0 spiro atoms. The molecule has 0 N–H and O–H groups in total. The number of benzene rings is 2. The molecule has 1 aromatic heterocycles. The van der Waals surface area contributed by atoms with Gasteiger partial charge in [0.25, 0.3) is 0 Å². The molecule has 0 unspecified atom stereocenters. The summed E-state index contributed by atoms with van der Waals surface area (Å²) >= 11 is 0. The van der Waals surface area contributed by atoms with Gasteiger partial charge in [0.1, 0.15) is 12.4 Å². The highest BCUT2D eigenvalue weighted by Gasteiger charge is 2.31.